The van der Waals surface area contributed by atoms with Gasteiger partial charge < -0.3 is 9.84 Å². The Balaban J connectivity index is 0.000000509. The number of rotatable bonds is 0. The molecular weight excluding hydrogens is 224 g/mol. The second-order valence-corrected chi connectivity index (χ2v) is 5.14. The zero-order valence-electron chi connectivity index (χ0n) is 12.7. The van der Waals surface area contributed by atoms with Gasteiger partial charge in [-0.15, -0.1) is 0 Å². The van der Waals surface area contributed by atoms with E-state index < -0.39 is 0 Å². The topological polar surface area (TPSA) is 29.5 Å². The van der Waals surface area contributed by atoms with Crippen LogP contribution in [0.1, 0.15) is 46.6 Å². The van der Waals surface area contributed by atoms with Gasteiger partial charge in [-0.2, -0.15) is 0 Å². The van der Waals surface area contributed by atoms with Crippen LogP contribution >= 0.6 is 0 Å². The highest BCUT2D eigenvalue weighted by molar-refractivity contribution is 5.40. The van der Waals surface area contributed by atoms with Gasteiger partial charge in [-0.05, 0) is 17.4 Å². The first-order valence-electron chi connectivity index (χ1n) is 6.71. The summed E-state index contributed by atoms with van der Waals surface area (Å²) in [5, 5.41) is 7.00. The number of para-hydroxylation sites is 1. The van der Waals surface area contributed by atoms with Gasteiger partial charge in [0.1, 0.15) is 5.75 Å². The van der Waals surface area contributed by atoms with Crippen molar-refractivity contribution in [2.45, 2.75) is 46.5 Å². The van der Waals surface area contributed by atoms with Gasteiger partial charge in [0.15, 0.2) is 0 Å². The molecule has 1 heterocycles. The molecule has 0 saturated heterocycles. The predicted molar refractivity (Wildman–Crippen MR) is 78.2 cm³/mol. The van der Waals surface area contributed by atoms with Crippen LogP contribution in [0.4, 0.5) is 0 Å². The average Bonchev–Trinajstić information content (AvgIpc) is 2.38. The van der Waals surface area contributed by atoms with E-state index in [2.05, 4.69) is 52.8 Å². The number of ether oxygens (including phenoxy) is 1. The van der Waals surface area contributed by atoms with Crippen LogP contribution in [-0.2, 0) is 5.41 Å². The summed E-state index contributed by atoms with van der Waals surface area (Å²) in [4.78, 5) is 0. The molecule has 1 aliphatic heterocycles. The summed E-state index contributed by atoms with van der Waals surface area (Å²) in [6.45, 7) is 11.9. The maximum Gasteiger partial charge on any atom is 0.123 e. The minimum atomic E-state index is 0.245. The van der Waals surface area contributed by atoms with Crippen LogP contribution in [0.25, 0.3) is 0 Å². The Hall–Kier alpha value is -1.02. The molecule has 1 aromatic carbocycles. The fourth-order valence-corrected chi connectivity index (χ4v) is 1.81. The fraction of sp³-hybridized carbons (Fsp3) is 0.625. The maximum atomic E-state index is 7.00. The standard InChI is InChI=1S/C12H16O.C3H8.CH4O/c1-9-8-13-11-7-5-4-6-10(11)12(9,2)3;1-3-2;1-2/h4-7,9H,8H2,1-3H3;3H2,1-2H3;2H,1H3. The molecule has 2 nitrogen and oxygen atoms in total. The van der Waals surface area contributed by atoms with Crippen molar-refractivity contribution in [3.8, 4) is 5.75 Å². The van der Waals surface area contributed by atoms with Gasteiger partial charge in [0.25, 0.3) is 0 Å². The third-order valence-corrected chi connectivity index (χ3v) is 3.30. The van der Waals surface area contributed by atoms with Gasteiger partial charge in [-0.3, -0.25) is 0 Å². The Morgan fingerprint density at radius 3 is 2.28 bits per heavy atom. The van der Waals surface area contributed by atoms with Gasteiger partial charge in [-0.1, -0.05) is 59.2 Å². The maximum absolute atomic E-state index is 7.00. The van der Waals surface area contributed by atoms with Crippen LogP contribution in [0.2, 0.25) is 0 Å². The fourth-order valence-electron chi connectivity index (χ4n) is 1.81. The Morgan fingerprint density at radius 2 is 1.72 bits per heavy atom. The lowest BCUT2D eigenvalue weighted by atomic mass is 9.73. The monoisotopic (exact) mass is 252 g/mol. The van der Waals surface area contributed by atoms with Crippen LogP contribution in [0.3, 0.4) is 0 Å². The third kappa shape index (κ3) is 4.02. The van der Waals surface area contributed by atoms with Crippen LogP contribution in [0.5, 0.6) is 5.75 Å². The number of fused-ring (bicyclic) bond motifs is 1. The summed E-state index contributed by atoms with van der Waals surface area (Å²) in [5.74, 6) is 1.65. The van der Waals surface area contributed by atoms with Crippen LogP contribution in [0.15, 0.2) is 24.3 Å². The van der Waals surface area contributed by atoms with Gasteiger partial charge in [0.05, 0.1) is 6.61 Å². The Morgan fingerprint density at radius 1 is 1.22 bits per heavy atom. The van der Waals surface area contributed by atoms with Gasteiger partial charge in [-0.25, -0.2) is 0 Å². The van der Waals surface area contributed by atoms with E-state index in [0.29, 0.717) is 5.92 Å². The van der Waals surface area contributed by atoms with Crippen molar-refractivity contribution in [2.24, 2.45) is 5.92 Å². The van der Waals surface area contributed by atoms with Crippen LogP contribution < -0.4 is 4.74 Å². The van der Waals surface area contributed by atoms with Crippen molar-refractivity contribution in [1.82, 2.24) is 0 Å². The van der Waals surface area contributed by atoms with Crippen molar-refractivity contribution in [3.63, 3.8) is 0 Å². The Bertz CT molecular complexity index is 332. The smallest absolute Gasteiger partial charge is 0.123 e. The van der Waals surface area contributed by atoms with E-state index in [1.54, 1.807) is 0 Å². The highest BCUT2D eigenvalue weighted by atomic mass is 16.5. The minimum Gasteiger partial charge on any atom is -0.493 e. The number of hydrogen-bond acceptors (Lipinski definition) is 2. The highest BCUT2D eigenvalue weighted by Crippen LogP contribution is 2.41. The molecular formula is C16H28O2. The quantitative estimate of drug-likeness (QED) is 0.755. The summed E-state index contributed by atoms with van der Waals surface area (Å²) in [7, 11) is 1.00. The zero-order valence-corrected chi connectivity index (χ0v) is 12.7. The van der Waals surface area contributed by atoms with Gasteiger partial charge in [0, 0.05) is 12.7 Å². The van der Waals surface area contributed by atoms with Crippen LogP contribution in [0, 0.1) is 5.92 Å². The van der Waals surface area contributed by atoms with Crippen molar-refractivity contribution < 1.29 is 9.84 Å². The van der Waals surface area contributed by atoms with Crippen molar-refractivity contribution in [2.75, 3.05) is 13.7 Å². The normalized spacial score (nSPS) is 19.2. The molecule has 18 heavy (non-hydrogen) atoms. The molecule has 0 bridgehead atoms. The summed E-state index contributed by atoms with van der Waals surface area (Å²) < 4.78 is 5.67. The molecule has 1 N–H and O–H groups in total. The molecule has 0 spiro atoms. The number of aliphatic hydroxyl groups excluding tert-OH is 1. The lowest BCUT2D eigenvalue weighted by Crippen LogP contribution is -2.35. The molecule has 1 aromatic rings. The highest BCUT2D eigenvalue weighted by Gasteiger charge is 2.34. The van der Waals surface area contributed by atoms with E-state index in [4.69, 9.17) is 9.84 Å². The van der Waals surface area contributed by atoms with Crippen molar-refractivity contribution >= 4 is 0 Å². The number of hydrogen-bond donors (Lipinski definition) is 1. The molecule has 0 aromatic heterocycles. The van der Waals surface area contributed by atoms with E-state index in [-0.39, 0.29) is 5.41 Å². The third-order valence-electron chi connectivity index (χ3n) is 3.30. The minimum absolute atomic E-state index is 0.245. The largest absolute Gasteiger partial charge is 0.493 e. The second-order valence-electron chi connectivity index (χ2n) is 5.14. The second kappa shape index (κ2) is 8.15. The molecule has 0 fully saturated rings. The van der Waals surface area contributed by atoms with E-state index >= 15 is 0 Å². The van der Waals surface area contributed by atoms with E-state index in [0.717, 1.165) is 19.5 Å². The first-order chi connectivity index (χ1) is 8.54. The van der Waals surface area contributed by atoms with Crippen molar-refractivity contribution in [3.05, 3.63) is 29.8 Å². The van der Waals surface area contributed by atoms with Crippen molar-refractivity contribution in [1.29, 1.82) is 0 Å². The molecule has 0 amide bonds. The molecule has 0 radical (unpaired) electrons. The lowest BCUT2D eigenvalue weighted by Gasteiger charge is -2.38. The summed E-state index contributed by atoms with van der Waals surface area (Å²) in [6, 6.07) is 8.35. The Kier molecular flexibility index (Phi) is 7.69. The molecule has 2 rings (SSSR count). The molecule has 0 saturated carbocycles. The Labute approximate surface area is 112 Å². The predicted octanol–water partition coefficient (Wildman–Crippen LogP) is 4.02. The number of aliphatic hydroxyl groups is 1. The zero-order chi connectivity index (χ0) is 14.2. The average molecular weight is 252 g/mol. The van der Waals surface area contributed by atoms with E-state index in [1.165, 1.54) is 12.0 Å². The molecule has 1 aliphatic rings. The summed E-state index contributed by atoms with van der Waals surface area (Å²) in [6.07, 6.45) is 1.25. The molecule has 1 atom stereocenters. The van der Waals surface area contributed by atoms with E-state index in [9.17, 15) is 0 Å². The molecule has 0 aliphatic carbocycles. The molecule has 1 unspecified atom stereocenters. The van der Waals surface area contributed by atoms with E-state index in [1.807, 2.05) is 6.07 Å². The molecule has 104 valence electrons. The summed E-state index contributed by atoms with van der Waals surface area (Å²) in [5.41, 5.74) is 1.59. The van der Waals surface area contributed by atoms with Gasteiger partial charge in [0.2, 0.25) is 0 Å². The lowest BCUT2D eigenvalue weighted by molar-refractivity contribution is 0.163. The molecule has 2 heteroatoms. The summed E-state index contributed by atoms with van der Waals surface area (Å²) >= 11 is 0. The number of benzene rings is 1. The SMILES string of the molecule is CC1COc2ccccc2C1(C)C.CCC.CO. The first kappa shape index (κ1) is 17.0. The van der Waals surface area contributed by atoms with Crippen LogP contribution in [-0.4, -0.2) is 18.8 Å². The van der Waals surface area contributed by atoms with Gasteiger partial charge >= 0.3 is 0 Å². The first-order valence-corrected chi connectivity index (χ1v) is 6.71.